The second kappa shape index (κ2) is 7.10. The highest BCUT2D eigenvalue weighted by molar-refractivity contribution is 5.85. The Labute approximate surface area is 170 Å². The Balaban J connectivity index is 1.34. The summed E-state index contributed by atoms with van der Waals surface area (Å²) in [5.74, 6) is 1.08. The topological polar surface area (TPSA) is 58.8 Å². The van der Waals surface area contributed by atoms with Crippen molar-refractivity contribution in [2.75, 3.05) is 31.6 Å². The molecule has 2 fully saturated rings. The largest absolute Gasteiger partial charge is 0.497 e. The van der Waals surface area contributed by atoms with E-state index in [1.54, 1.807) is 7.11 Å². The third-order valence-electron chi connectivity index (χ3n) is 6.24. The van der Waals surface area contributed by atoms with Crippen LogP contribution in [0.2, 0.25) is 0 Å². The average Bonchev–Trinajstić information content (AvgIpc) is 3.37. The number of aromatic nitrogens is 1. The zero-order valence-electron chi connectivity index (χ0n) is 16.6. The Bertz CT molecular complexity index is 1010. The van der Waals surface area contributed by atoms with Gasteiger partial charge in [0.1, 0.15) is 11.3 Å². The molecule has 150 valence electrons. The van der Waals surface area contributed by atoms with Crippen molar-refractivity contribution >= 4 is 23.0 Å². The predicted molar refractivity (Wildman–Crippen MR) is 111 cm³/mol. The highest BCUT2D eigenvalue weighted by Crippen LogP contribution is 2.42. The van der Waals surface area contributed by atoms with E-state index in [4.69, 9.17) is 9.15 Å². The molecule has 6 nitrogen and oxygen atoms in total. The molecule has 0 bridgehead atoms. The molecule has 1 atom stereocenters. The summed E-state index contributed by atoms with van der Waals surface area (Å²) in [6.07, 6.45) is 2.80. The van der Waals surface area contributed by atoms with Crippen LogP contribution < -0.4 is 9.64 Å². The normalized spacial score (nSPS) is 22.0. The number of carbonyl (C=O) groups excluding carboxylic acids is 1. The lowest BCUT2D eigenvalue weighted by Gasteiger charge is -2.39. The molecule has 5 rings (SSSR count). The SMILES string of the molecule is COc1cccc(CN2CCC[C@@]3(CCN(c4nc5ccccc5o4)C3)C2=O)c1. The minimum Gasteiger partial charge on any atom is -0.497 e. The van der Waals surface area contributed by atoms with Crippen LogP contribution in [0.4, 0.5) is 6.01 Å². The van der Waals surface area contributed by atoms with Crippen LogP contribution in [0.25, 0.3) is 11.1 Å². The number of likely N-dealkylation sites (tertiary alicyclic amines) is 1. The van der Waals surface area contributed by atoms with E-state index in [-0.39, 0.29) is 11.3 Å². The molecule has 3 heterocycles. The van der Waals surface area contributed by atoms with Gasteiger partial charge in [-0.25, -0.2) is 0 Å². The van der Waals surface area contributed by atoms with Gasteiger partial charge in [0.25, 0.3) is 6.01 Å². The minimum atomic E-state index is -0.336. The summed E-state index contributed by atoms with van der Waals surface area (Å²) in [6, 6.07) is 16.4. The summed E-state index contributed by atoms with van der Waals surface area (Å²) in [7, 11) is 1.67. The van der Waals surface area contributed by atoms with E-state index in [9.17, 15) is 4.79 Å². The highest BCUT2D eigenvalue weighted by Gasteiger charge is 2.49. The van der Waals surface area contributed by atoms with E-state index in [2.05, 4.69) is 16.0 Å². The number of amides is 1. The van der Waals surface area contributed by atoms with Gasteiger partial charge in [0.05, 0.1) is 12.5 Å². The monoisotopic (exact) mass is 391 g/mol. The zero-order chi connectivity index (χ0) is 19.8. The molecule has 0 N–H and O–H groups in total. The molecule has 2 aliphatic rings. The van der Waals surface area contributed by atoms with Gasteiger partial charge in [0, 0.05) is 26.2 Å². The van der Waals surface area contributed by atoms with Crippen LogP contribution in [0.5, 0.6) is 5.75 Å². The molecule has 6 heteroatoms. The van der Waals surface area contributed by atoms with Crippen LogP contribution >= 0.6 is 0 Å². The van der Waals surface area contributed by atoms with Gasteiger partial charge in [0.2, 0.25) is 5.91 Å². The van der Waals surface area contributed by atoms with Crippen molar-refractivity contribution < 1.29 is 13.9 Å². The number of oxazole rings is 1. The fourth-order valence-corrected chi connectivity index (χ4v) is 4.70. The van der Waals surface area contributed by atoms with Crippen molar-refractivity contribution in [3.8, 4) is 5.75 Å². The first-order valence-electron chi connectivity index (χ1n) is 10.2. The first-order valence-corrected chi connectivity index (χ1v) is 10.2. The van der Waals surface area contributed by atoms with Gasteiger partial charge >= 0.3 is 0 Å². The Hall–Kier alpha value is -3.02. The summed E-state index contributed by atoms with van der Waals surface area (Å²) >= 11 is 0. The maximum Gasteiger partial charge on any atom is 0.298 e. The number of methoxy groups -OCH3 is 1. The van der Waals surface area contributed by atoms with Gasteiger partial charge in [0.15, 0.2) is 5.58 Å². The lowest BCUT2D eigenvalue weighted by Crippen LogP contribution is -2.49. The highest BCUT2D eigenvalue weighted by atomic mass is 16.5. The number of anilines is 1. The van der Waals surface area contributed by atoms with Gasteiger partial charge in [-0.1, -0.05) is 24.3 Å². The molecular formula is C23H25N3O3. The molecule has 1 amide bonds. The van der Waals surface area contributed by atoms with Gasteiger partial charge in [-0.15, -0.1) is 0 Å². The van der Waals surface area contributed by atoms with E-state index in [1.165, 1.54) is 0 Å². The predicted octanol–water partition coefficient (Wildman–Crippen LogP) is 3.86. The lowest BCUT2D eigenvalue weighted by molar-refractivity contribution is -0.145. The average molecular weight is 391 g/mol. The number of piperidine rings is 1. The number of hydrogen-bond donors (Lipinski definition) is 0. The van der Waals surface area contributed by atoms with Crippen LogP contribution in [0.1, 0.15) is 24.8 Å². The molecule has 3 aromatic rings. The first-order chi connectivity index (χ1) is 14.2. The minimum absolute atomic E-state index is 0.255. The Morgan fingerprint density at radius 1 is 1.14 bits per heavy atom. The van der Waals surface area contributed by atoms with Gasteiger partial charge in [-0.05, 0) is 49.1 Å². The number of carbonyl (C=O) groups is 1. The van der Waals surface area contributed by atoms with Crippen LogP contribution in [-0.2, 0) is 11.3 Å². The standard InChI is InChI=1S/C23H25N3O3/c1-28-18-7-4-6-17(14-18)15-25-12-5-10-23(21(25)27)11-13-26(16-23)22-24-19-8-2-3-9-20(19)29-22/h2-4,6-9,14H,5,10-13,15-16H2,1H3/t23-/m0/s1. The molecule has 1 spiro atoms. The third kappa shape index (κ3) is 3.22. The van der Waals surface area contributed by atoms with Crippen molar-refractivity contribution in [3.63, 3.8) is 0 Å². The molecule has 0 saturated carbocycles. The number of fused-ring (bicyclic) bond motifs is 1. The van der Waals surface area contributed by atoms with Crippen LogP contribution in [0, 0.1) is 5.41 Å². The van der Waals surface area contributed by atoms with Gasteiger partial charge in [-0.2, -0.15) is 4.98 Å². The van der Waals surface area contributed by atoms with Crippen LogP contribution in [0.3, 0.4) is 0 Å². The maximum absolute atomic E-state index is 13.5. The third-order valence-corrected chi connectivity index (χ3v) is 6.24. The molecule has 2 aliphatic heterocycles. The molecule has 0 aliphatic carbocycles. The second-order valence-electron chi connectivity index (χ2n) is 8.10. The fourth-order valence-electron chi connectivity index (χ4n) is 4.70. The van der Waals surface area contributed by atoms with Gasteiger partial charge in [-0.3, -0.25) is 4.79 Å². The smallest absolute Gasteiger partial charge is 0.298 e. The van der Waals surface area contributed by atoms with Crippen molar-refractivity contribution in [3.05, 3.63) is 54.1 Å². The van der Waals surface area contributed by atoms with Crippen LogP contribution in [-0.4, -0.2) is 42.5 Å². The molecule has 2 aromatic carbocycles. The van der Waals surface area contributed by atoms with Crippen molar-refractivity contribution in [2.24, 2.45) is 5.41 Å². The summed E-state index contributed by atoms with van der Waals surface area (Å²) in [5.41, 5.74) is 2.41. The molecule has 0 unspecified atom stereocenters. The summed E-state index contributed by atoms with van der Waals surface area (Å²) in [6.45, 7) is 2.90. The summed E-state index contributed by atoms with van der Waals surface area (Å²) < 4.78 is 11.3. The van der Waals surface area contributed by atoms with E-state index in [0.29, 0.717) is 19.1 Å². The van der Waals surface area contributed by atoms with Crippen LogP contribution in [0.15, 0.2) is 52.9 Å². The molecule has 1 aromatic heterocycles. The number of hydrogen-bond acceptors (Lipinski definition) is 5. The van der Waals surface area contributed by atoms with E-state index >= 15 is 0 Å². The number of nitrogens with zero attached hydrogens (tertiary/aromatic N) is 3. The number of para-hydroxylation sites is 2. The van der Waals surface area contributed by atoms with Crippen molar-refractivity contribution in [2.45, 2.75) is 25.8 Å². The molecule has 0 radical (unpaired) electrons. The zero-order valence-corrected chi connectivity index (χ0v) is 16.6. The van der Waals surface area contributed by atoms with Crippen molar-refractivity contribution in [1.29, 1.82) is 0 Å². The Kier molecular flexibility index (Phi) is 4.42. The van der Waals surface area contributed by atoms with E-state index < -0.39 is 0 Å². The van der Waals surface area contributed by atoms with Gasteiger partial charge < -0.3 is 19.0 Å². The second-order valence-corrected chi connectivity index (χ2v) is 8.10. The molecule has 2 saturated heterocycles. The quantitative estimate of drug-likeness (QED) is 0.676. The number of ether oxygens (including phenoxy) is 1. The van der Waals surface area contributed by atoms with E-state index in [0.717, 1.165) is 54.8 Å². The molecule has 29 heavy (non-hydrogen) atoms. The lowest BCUT2D eigenvalue weighted by atomic mass is 9.78. The summed E-state index contributed by atoms with van der Waals surface area (Å²) in [4.78, 5) is 22.2. The maximum atomic E-state index is 13.5. The number of rotatable bonds is 4. The Morgan fingerprint density at radius 2 is 2.03 bits per heavy atom. The Morgan fingerprint density at radius 3 is 2.90 bits per heavy atom. The van der Waals surface area contributed by atoms with E-state index in [1.807, 2.05) is 47.4 Å². The van der Waals surface area contributed by atoms with Crippen molar-refractivity contribution in [1.82, 2.24) is 9.88 Å². The molecular weight excluding hydrogens is 366 g/mol. The fraction of sp³-hybridized carbons (Fsp3) is 0.391. The first kappa shape index (κ1) is 18.0. The summed E-state index contributed by atoms with van der Waals surface area (Å²) in [5, 5.41) is 0. The number of benzene rings is 2.